The molecule has 3 unspecified atom stereocenters. The van der Waals surface area contributed by atoms with Gasteiger partial charge in [0, 0.05) is 5.56 Å². The minimum atomic E-state index is -1.71. The van der Waals surface area contributed by atoms with Gasteiger partial charge in [-0.25, -0.2) is 9.59 Å². The van der Waals surface area contributed by atoms with Crippen molar-refractivity contribution in [1.29, 1.82) is 0 Å². The molecule has 0 amide bonds. The van der Waals surface area contributed by atoms with Gasteiger partial charge in [-0.1, -0.05) is 0 Å². The number of ether oxygens (including phenoxy) is 4. The molecule has 7 N–H and O–H groups in total. The number of carbonyl (C=O) groups is 2. The van der Waals surface area contributed by atoms with Gasteiger partial charge in [-0.05, 0) is 18.2 Å². The lowest BCUT2D eigenvalue weighted by Crippen LogP contribution is -2.58. The van der Waals surface area contributed by atoms with Gasteiger partial charge in [0.25, 0.3) is 0 Å². The lowest BCUT2D eigenvalue weighted by molar-refractivity contribution is -0.235. The topological polar surface area (TPSA) is 213 Å². The van der Waals surface area contributed by atoms with Gasteiger partial charge >= 0.3 is 11.9 Å². The molecule has 2 aromatic rings. The highest BCUT2D eigenvalue weighted by Crippen LogP contribution is 2.50. The van der Waals surface area contributed by atoms with E-state index in [1.807, 2.05) is 0 Å². The molecule has 0 aromatic heterocycles. The number of benzene rings is 2. The van der Waals surface area contributed by atoms with Crippen LogP contribution in [-0.4, -0.2) is 85.8 Å². The maximum absolute atomic E-state index is 12.4. The van der Waals surface area contributed by atoms with Crippen LogP contribution in [0.3, 0.4) is 0 Å². The van der Waals surface area contributed by atoms with Gasteiger partial charge in [-0.3, -0.25) is 0 Å². The van der Waals surface area contributed by atoms with E-state index in [-0.39, 0.29) is 22.4 Å². The van der Waals surface area contributed by atoms with Crippen LogP contribution in [0.1, 0.15) is 32.4 Å². The number of aliphatic hydroxyl groups is 2. The maximum Gasteiger partial charge on any atom is 0.339 e. The van der Waals surface area contributed by atoms with Gasteiger partial charge in [0.05, 0.1) is 18.2 Å². The molecule has 5 atom stereocenters. The number of hydrogen-bond donors (Lipinski definition) is 7. The highest BCUT2D eigenvalue weighted by Gasteiger charge is 2.52. The van der Waals surface area contributed by atoms with E-state index in [0.717, 1.165) is 18.2 Å². The molecule has 0 spiro atoms. The summed E-state index contributed by atoms with van der Waals surface area (Å²) in [5, 5.41) is 70.0. The summed E-state index contributed by atoms with van der Waals surface area (Å²) in [5.74, 6) is -5.97. The smallest absolute Gasteiger partial charge is 0.339 e. The SMILES string of the molecule is COc1c(O)cc2c(c1O)[C@H]1OC(COC(=O)c3cc(O)c(O)c(O)c3)C(O)C(O)[C@H]1OC2=O. The number of aromatic hydroxyl groups is 5. The van der Waals surface area contributed by atoms with E-state index in [9.17, 15) is 45.3 Å². The second-order valence-electron chi connectivity index (χ2n) is 7.65. The quantitative estimate of drug-likeness (QED) is 0.223. The van der Waals surface area contributed by atoms with Gasteiger partial charge in [0.15, 0.2) is 34.9 Å². The Bertz CT molecular complexity index is 1140. The Kier molecular flexibility index (Phi) is 5.77. The molecule has 182 valence electrons. The van der Waals surface area contributed by atoms with E-state index in [4.69, 9.17) is 18.9 Å². The van der Waals surface area contributed by atoms with Crippen LogP contribution in [0.5, 0.6) is 34.5 Å². The molecule has 2 heterocycles. The van der Waals surface area contributed by atoms with Crippen molar-refractivity contribution in [3.05, 3.63) is 34.9 Å². The molecule has 34 heavy (non-hydrogen) atoms. The Hall–Kier alpha value is -3.94. The Balaban J connectivity index is 1.60. The van der Waals surface area contributed by atoms with Crippen molar-refractivity contribution in [2.24, 2.45) is 0 Å². The number of carbonyl (C=O) groups excluding carboxylic acids is 2. The van der Waals surface area contributed by atoms with Crippen molar-refractivity contribution in [1.82, 2.24) is 0 Å². The zero-order valence-corrected chi connectivity index (χ0v) is 17.4. The molecule has 0 saturated carbocycles. The molecule has 4 rings (SSSR count). The number of esters is 2. The summed E-state index contributed by atoms with van der Waals surface area (Å²) in [7, 11) is 1.17. The largest absolute Gasteiger partial charge is 0.504 e. The molecule has 0 radical (unpaired) electrons. The van der Waals surface area contributed by atoms with E-state index >= 15 is 0 Å². The van der Waals surface area contributed by atoms with Crippen LogP contribution in [0.4, 0.5) is 0 Å². The minimum Gasteiger partial charge on any atom is -0.504 e. The number of methoxy groups -OCH3 is 1. The molecule has 13 nitrogen and oxygen atoms in total. The highest BCUT2D eigenvalue weighted by molar-refractivity contribution is 5.95. The second-order valence-corrected chi connectivity index (χ2v) is 7.65. The molecule has 1 saturated heterocycles. The van der Waals surface area contributed by atoms with Gasteiger partial charge in [0.1, 0.15) is 31.0 Å². The summed E-state index contributed by atoms with van der Waals surface area (Å²) in [4.78, 5) is 24.7. The molecule has 0 bridgehead atoms. The van der Waals surface area contributed by atoms with Gasteiger partial charge in [-0.2, -0.15) is 0 Å². The van der Waals surface area contributed by atoms with Gasteiger partial charge < -0.3 is 54.7 Å². The maximum atomic E-state index is 12.4. The van der Waals surface area contributed by atoms with E-state index in [1.54, 1.807) is 0 Å². The van der Waals surface area contributed by atoms with Crippen molar-refractivity contribution in [2.75, 3.05) is 13.7 Å². The predicted octanol–water partition coefficient (Wildman–Crippen LogP) is -0.219. The first-order valence-corrected chi connectivity index (χ1v) is 9.82. The molecule has 0 aliphatic carbocycles. The van der Waals surface area contributed by atoms with E-state index < -0.39 is 77.8 Å². The molecule has 2 aliphatic heterocycles. The number of phenols is 5. The Morgan fingerprint density at radius 3 is 2.24 bits per heavy atom. The number of rotatable bonds is 4. The summed E-state index contributed by atoms with van der Waals surface area (Å²) in [6.07, 6.45) is -7.53. The molecule has 2 aromatic carbocycles. The summed E-state index contributed by atoms with van der Waals surface area (Å²) in [5.41, 5.74) is -0.746. The molecular weight excluding hydrogens is 460 g/mol. The predicted molar refractivity (Wildman–Crippen MR) is 107 cm³/mol. The highest BCUT2D eigenvalue weighted by atomic mass is 16.6. The van der Waals surface area contributed by atoms with Crippen LogP contribution in [0.2, 0.25) is 0 Å². The second kappa shape index (κ2) is 8.44. The molecule has 13 heteroatoms. The summed E-state index contributed by atoms with van der Waals surface area (Å²) in [6.45, 7) is -0.637. The third kappa shape index (κ3) is 3.65. The summed E-state index contributed by atoms with van der Waals surface area (Å²) < 4.78 is 20.8. The summed E-state index contributed by atoms with van der Waals surface area (Å²) >= 11 is 0. The van der Waals surface area contributed by atoms with Crippen LogP contribution < -0.4 is 4.74 Å². The van der Waals surface area contributed by atoms with E-state index in [0.29, 0.717) is 0 Å². The molecule has 1 fully saturated rings. The first-order chi connectivity index (χ1) is 16.0. The zero-order valence-electron chi connectivity index (χ0n) is 17.4. The number of hydrogen-bond acceptors (Lipinski definition) is 13. The van der Waals surface area contributed by atoms with Crippen LogP contribution in [0, 0.1) is 0 Å². The fourth-order valence-corrected chi connectivity index (χ4v) is 3.90. The van der Waals surface area contributed by atoms with Crippen LogP contribution in [0.15, 0.2) is 18.2 Å². The van der Waals surface area contributed by atoms with Crippen LogP contribution in [0.25, 0.3) is 0 Å². The lowest BCUT2D eigenvalue weighted by Gasteiger charge is -2.44. The Morgan fingerprint density at radius 2 is 1.62 bits per heavy atom. The van der Waals surface area contributed by atoms with E-state index in [1.165, 1.54) is 7.11 Å². The fraction of sp³-hybridized carbons (Fsp3) is 0.333. The Morgan fingerprint density at radius 1 is 0.971 bits per heavy atom. The van der Waals surface area contributed by atoms with Crippen molar-refractivity contribution < 1.29 is 64.3 Å². The van der Waals surface area contributed by atoms with Gasteiger partial charge in [-0.15, -0.1) is 0 Å². The zero-order chi connectivity index (χ0) is 24.9. The number of fused-ring (bicyclic) bond motifs is 3. The van der Waals surface area contributed by atoms with E-state index in [2.05, 4.69) is 0 Å². The monoisotopic (exact) mass is 480 g/mol. The average molecular weight is 480 g/mol. The number of phenolic OH excluding ortho intramolecular Hbond substituents is 5. The lowest BCUT2D eigenvalue weighted by atomic mass is 9.86. The van der Waals surface area contributed by atoms with Crippen molar-refractivity contribution >= 4 is 11.9 Å². The molecule has 2 aliphatic rings. The normalized spacial score (nSPS) is 25.6. The van der Waals surface area contributed by atoms with Crippen LogP contribution in [-0.2, 0) is 14.2 Å². The average Bonchev–Trinajstić information content (AvgIpc) is 2.79. The van der Waals surface area contributed by atoms with Crippen molar-refractivity contribution in [2.45, 2.75) is 30.5 Å². The van der Waals surface area contributed by atoms with Crippen molar-refractivity contribution in [3.63, 3.8) is 0 Å². The third-order valence-electron chi connectivity index (χ3n) is 5.60. The standard InChI is InChI=1S/C21H20O13/c1-31-17-10(24)4-7-12(15(17)27)18-19(34-21(7)30)16(28)14(26)11(33-18)5-32-20(29)6-2-8(22)13(25)9(23)3-6/h2-4,11,14,16,18-19,22-28H,5H2,1H3/t11?,14?,16?,18-,19-/m1/s1. The fourth-order valence-electron chi connectivity index (χ4n) is 3.90. The first kappa shape index (κ1) is 23.2. The van der Waals surface area contributed by atoms with Crippen molar-refractivity contribution in [3.8, 4) is 34.5 Å². The summed E-state index contributed by atoms with van der Waals surface area (Å²) in [6, 6.07) is 2.67. The first-order valence-electron chi connectivity index (χ1n) is 9.82. The Labute approximate surface area is 190 Å². The third-order valence-corrected chi connectivity index (χ3v) is 5.60. The van der Waals surface area contributed by atoms with Crippen LogP contribution >= 0.6 is 0 Å². The number of aliphatic hydroxyl groups excluding tert-OH is 2. The van der Waals surface area contributed by atoms with Gasteiger partial charge in [0.2, 0.25) is 5.75 Å². The molecular formula is C21H20O13. The minimum absolute atomic E-state index is 0.161.